The number of thiazole rings is 1. The van der Waals surface area contributed by atoms with E-state index < -0.39 is 0 Å². The highest BCUT2D eigenvalue weighted by molar-refractivity contribution is 7.13. The lowest BCUT2D eigenvalue weighted by molar-refractivity contribution is -0.131. The summed E-state index contributed by atoms with van der Waals surface area (Å²) in [6.45, 7) is 2.00. The lowest BCUT2D eigenvalue weighted by atomic mass is 10.1. The van der Waals surface area contributed by atoms with Crippen LogP contribution in [-0.4, -0.2) is 67.0 Å². The second-order valence-electron chi connectivity index (χ2n) is 7.44. The zero-order chi connectivity index (χ0) is 22.5. The van der Waals surface area contributed by atoms with Gasteiger partial charge in [0.2, 0.25) is 5.91 Å². The van der Waals surface area contributed by atoms with E-state index in [9.17, 15) is 9.59 Å². The molecule has 32 heavy (non-hydrogen) atoms. The van der Waals surface area contributed by atoms with Crippen molar-refractivity contribution in [1.29, 1.82) is 0 Å². The average molecular weight is 452 g/mol. The lowest BCUT2D eigenvalue weighted by Crippen LogP contribution is -2.51. The molecule has 0 aliphatic carbocycles. The number of para-hydroxylation sites is 1. The topological polar surface area (TPSA) is 72.0 Å². The minimum Gasteiger partial charge on any atom is -0.497 e. The molecule has 0 saturated carbocycles. The van der Waals surface area contributed by atoms with E-state index in [4.69, 9.17) is 9.47 Å². The molecule has 1 aromatic heterocycles. The summed E-state index contributed by atoms with van der Waals surface area (Å²) < 4.78 is 10.6. The molecule has 2 heterocycles. The molecule has 0 unspecified atom stereocenters. The van der Waals surface area contributed by atoms with E-state index >= 15 is 0 Å². The Balaban J connectivity index is 1.35. The fourth-order valence-electron chi connectivity index (χ4n) is 3.71. The molecule has 0 spiro atoms. The first-order chi connectivity index (χ1) is 15.6. The third-order valence-electron chi connectivity index (χ3n) is 5.47. The maximum absolute atomic E-state index is 13.0. The van der Waals surface area contributed by atoms with Gasteiger partial charge in [0.05, 0.1) is 26.2 Å². The van der Waals surface area contributed by atoms with Crippen molar-refractivity contribution in [2.24, 2.45) is 0 Å². The predicted molar refractivity (Wildman–Crippen MR) is 123 cm³/mol. The lowest BCUT2D eigenvalue weighted by Gasteiger charge is -2.34. The second-order valence-corrected chi connectivity index (χ2v) is 8.30. The van der Waals surface area contributed by atoms with E-state index in [1.807, 2.05) is 53.4 Å². The summed E-state index contributed by atoms with van der Waals surface area (Å²) in [5.41, 5.74) is 2.21. The van der Waals surface area contributed by atoms with Gasteiger partial charge >= 0.3 is 0 Å². The van der Waals surface area contributed by atoms with Crippen LogP contribution < -0.4 is 9.47 Å². The third-order valence-corrected chi connectivity index (χ3v) is 6.35. The zero-order valence-corrected chi connectivity index (χ0v) is 18.9. The maximum Gasteiger partial charge on any atom is 0.273 e. The fourth-order valence-corrected chi connectivity index (χ4v) is 4.53. The molecule has 1 fully saturated rings. The molecular formula is C24H25N3O4S. The maximum atomic E-state index is 13.0. The number of hydrogen-bond donors (Lipinski definition) is 0. The van der Waals surface area contributed by atoms with E-state index in [0.717, 1.165) is 27.6 Å². The van der Waals surface area contributed by atoms with Crippen LogP contribution in [0.4, 0.5) is 0 Å². The number of carbonyl (C=O) groups is 2. The van der Waals surface area contributed by atoms with Crippen LogP contribution in [0.3, 0.4) is 0 Å². The van der Waals surface area contributed by atoms with Crippen molar-refractivity contribution >= 4 is 23.2 Å². The van der Waals surface area contributed by atoms with E-state index in [1.165, 1.54) is 11.3 Å². The van der Waals surface area contributed by atoms with Gasteiger partial charge in [-0.2, -0.15) is 0 Å². The summed E-state index contributed by atoms with van der Waals surface area (Å²) in [6, 6.07) is 15.2. The highest BCUT2D eigenvalue weighted by atomic mass is 32.1. The Morgan fingerprint density at radius 3 is 2.47 bits per heavy atom. The molecule has 1 aliphatic rings. The SMILES string of the molecule is COc1cccc(CC(=O)N2CCN(C(=O)c3csc(-c4ccccc4OC)n3)CC2)c1. The van der Waals surface area contributed by atoms with Crippen molar-refractivity contribution in [3.05, 3.63) is 65.2 Å². The predicted octanol–water partition coefficient (Wildman–Crippen LogP) is 3.35. The first-order valence-corrected chi connectivity index (χ1v) is 11.3. The van der Waals surface area contributed by atoms with Gasteiger partial charge in [-0.05, 0) is 29.8 Å². The Morgan fingerprint density at radius 1 is 0.969 bits per heavy atom. The Morgan fingerprint density at radius 2 is 1.72 bits per heavy atom. The molecule has 7 nitrogen and oxygen atoms in total. The number of piperazine rings is 1. The number of ether oxygens (including phenoxy) is 2. The van der Waals surface area contributed by atoms with Crippen LogP contribution >= 0.6 is 11.3 Å². The summed E-state index contributed by atoms with van der Waals surface area (Å²) in [5, 5.41) is 2.53. The Bertz CT molecular complexity index is 1110. The summed E-state index contributed by atoms with van der Waals surface area (Å²) in [7, 11) is 3.23. The second kappa shape index (κ2) is 9.82. The number of benzene rings is 2. The van der Waals surface area contributed by atoms with Gasteiger partial charge in [0.1, 0.15) is 22.2 Å². The number of carbonyl (C=O) groups excluding carboxylic acids is 2. The molecule has 3 aromatic rings. The van der Waals surface area contributed by atoms with E-state index in [1.54, 1.807) is 24.5 Å². The van der Waals surface area contributed by atoms with Gasteiger partial charge in [0.25, 0.3) is 5.91 Å². The minimum absolute atomic E-state index is 0.0532. The summed E-state index contributed by atoms with van der Waals surface area (Å²) in [5.74, 6) is 1.41. The van der Waals surface area contributed by atoms with Gasteiger partial charge in [-0.15, -0.1) is 11.3 Å². The summed E-state index contributed by atoms with van der Waals surface area (Å²) in [4.78, 5) is 33.8. The van der Waals surface area contributed by atoms with Gasteiger partial charge in [0, 0.05) is 31.6 Å². The van der Waals surface area contributed by atoms with Crippen molar-refractivity contribution in [1.82, 2.24) is 14.8 Å². The van der Waals surface area contributed by atoms with Crippen LogP contribution in [0, 0.1) is 0 Å². The Hall–Kier alpha value is -3.39. The summed E-state index contributed by atoms with van der Waals surface area (Å²) >= 11 is 1.42. The monoisotopic (exact) mass is 451 g/mol. The normalized spacial score (nSPS) is 13.7. The molecule has 166 valence electrons. The van der Waals surface area contributed by atoms with Crippen LogP contribution in [0.25, 0.3) is 10.6 Å². The van der Waals surface area contributed by atoms with Gasteiger partial charge in [-0.1, -0.05) is 24.3 Å². The molecule has 0 atom stereocenters. The summed E-state index contributed by atoms with van der Waals surface area (Å²) in [6.07, 6.45) is 0.319. The number of hydrogen-bond acceptors (Lipinski definition) is 6. The fraction of sp³-hybridized carbons (Fsp3) is 0.292. The number of aromatic nitrogens is 1. The molecule has 0 N–H and O–H groups in total. The Labute approximate surface area is 191 Å². The molecule has 8 heteroatoms. The van der Waals surface area contributed by atoms with Crippen molar-refractivity contribution in [3.63, 3.8) is 0 Å². The zero-order valence-electron chi connectivity index (χ0n) is 18.1. The number of nitrogens with zero attached hydrogens (tertiary/aromatic N) is 3. The van der Waals surface area contributed by atoms with Crippen molar-refractivity contribution in [3.8, 4) is 22.1 Å². The molecule has 2 aromatic carbocycles. The highest BCUT2D eigenvalue weighted by Crippen LogP contribution is 2.32. The first kappa shape index (κ1) is 21.8. The molecular weight excluding hydrogens is 426 g/mol. The smallest absolute Gasteiger partial charge is 0.273 e. The van der Waals surface area contributed by atoms with Crippen molar-refractivity contribution < 1.29 is 19.1 Å². The number of rotatable bonds is 6. The molecule has 0 bridgehead atoms. The van der Waals surface area contributed by atoms with Crippen molar-refractivity contribution in [2.45, 2.75) is 6.42 Å². The van der Waals surface area contributed by atoms with Gasteiger partial charge in [-0.25, -0.2) is 4.98 Å². The Kier molecular flexibility index (Phi) is 6.70. The van der Waals surface area contributed by atoms with Gasteiger partial charge < -0.3 is 19.3 Å². The molecule has 0 radical (unpaired) electrons. The largest absolute Gasteiger partial charge is 0.497 e. The average Bonchev–Trinajstić information content (AvgIpc) is 3.34. The minimum atomic E-state index is -0.109. The van der Waals surface area contributed by atoms with E-state index in [0.29, 0.717) is 38.3 Å². The van der Waals surface area contributed by atoms with E-state index in [-0.39, 0.29) is 11.8 Å². The first-order valence-electron chi connectivity index (χ1n) is 10.4. The third kappa shape index (κ3) is 4.75. The van der Waals surface area contributed by atoms with Crippen LogP contribution in [0.5, 0.6) is 11.5 Å². The molecule has 2 amide bonds. The standard InChI is InChI=1S/C24H25N3O4S/c1-30-18-7-5-6-17(14-18)15-22(28)26-10-12-27(13-11-26)24(29)20-16-32-23(25-20)19-8-3-4-9-21(19)31-2/h3-9,14,16H,10-13,15H2,1-2H3. The van der Waals surface area contributed by atoms with E-state index in [2.05, 4.69) is 4.98 Å². The molecule has 4 rings (SSSR count). The highest BCUT2D eigenvalue weighted by Gasteiger charge is 2.26. The van der Waals surface area contributed by atoms with Crippen molar-refractivity contribution in [2.75, 3.05) is 40.4 Å². The van der Waals surface area contributed by atoms with Crippen LogP contribution in [-0.2, 0) is 11.2 Å². The molecule has 1 saturated heterocycles. The molecule has 1 aliphatic heterocycles. The van der Waals surface area contributed by atoms with Gasteiger partial charge in [0.15, 0.2) is 0 Å². The van der Waals surface area contributed by atoms with Crippen LogP contribution in [0.1, 0.15) is 16.1 Å². The quantitative estimate of drug-likeness (QED) is 0.575. The number of methoxy groups -OCH3 is 2. The number of amides is 2. The van der Waals surface area contributed by atoms with Crippen LogP contribution in [0.2, 0.25) is 0 Å². The van der Waals surface area contributed by atoms with Gasteiger partial charge in [-0.3, -0.25) is 9.59 Å². The van der Waals surface area contributed by atoms with Crippen LogP contribution in [0.15, 0.2) is 53.9 Å².